The van der Waals surface area contributed by atoms with E-state index in [-0.39, 0.29) is 6.04 Å². The SMILES string of the molecule is C[C@H](N)Cn1ccnc1-c1cccs1. The maximum absolute atomic E-state index is 5.76. The van der Waals surface area contributed by atoms with Crippen LogP contribution in [-0.2, 0) is 6.54 Å². The van der Waals surface area contributed by atoms with Crippen molar-refractivity contribution in [2.45, 2.75) is 19.5 Å². The molecule has 0 aromatic carbocycles. The van der Waals surface area contributed by atoms with Gasteiger partial charge in [0.25, 0.3) is 0 Å². The Kier molecular flexibility index (Phi) is 2.65. The van der Waals surface area contributed by atoms with E-state index in [1.165, 1.54) is 4.88 Å². The lowest BCUT2D eigenvalue weighted by atomic mass is 10.3. The van der Waals surface area contributed by atoms with Gasteiger partial charge in [0, 0.05) is 25.0 Å². The van der Waals surface area contributed by atoms with Gasteiger partial charge in [-0.25, -0.2) is 4.98 Å². The molecule has 1 atom stereocenters. The number of aromatic nitrogens is 2. The van der Waals surface area contributed by atoms with Crippen LogP contribution in [0.25, 0.3) is 10.7 Å². The van der Waals surface area contributed by atoms with Gasteiger partial charge in [-0.05, 0) is 18.4 Å². The highest BCUT2D eigenvalue weighted by molar-refractivity contribution is 7.13. The minimum absolute atomic E-state index is 0.155. The molecule has 0 unspecified atom stereocenters. The Morgan fingerprint density at radius 3 is 3.14 bits per heavy atom. The molecule has 0 saturated carbocycles. The van der Waals surface area contributed by atoms with Crippen LogP contribution < -0.4 is 5.73 Å². The van der Waals surface area contributed by atoms with E-state index in [0.717, 1.165) is 12.4 Å². The molecule has 2 aromatic heterocycles. The van der Waals surface area contributed by atoms with Crippen molar-refractivity contribution in [3.05, 3.63) is 29.9 Å². The van der Waals surface area contributed by atoms with E-state index in [1.54, 1.807) is 11.3 Å². The Hall–Kier alpha value is -1.13. The molecular formula is C10H13N3S. The highest BCUT2D eigenvalue weighted by atomic mass is 32.1. The zero-order valence-electron chi connectivity index (χ0n) is 8.05. The molecule has 0 amide bonds. The van der Waals surface area contributed by atoms with E-state index >= 15 is 0 Å². The van der Waals surface area contributed by atoms with E-state index in [4.69, 9.17) is 5.73 Å². The fourth-order valence-electron chi connectivity index (χ4n) is 1.40. The van der Waals surface area contributed by atoms with E-state index in [2.05, 4.69) is 21.0 Å². The Bertz CT molecular complexity index is 389. The summed E-state index contributed by atoms with van der Waals surface area (Å²) in [6.07, 6.45) is 3.79. The summed E-state index contributed by atoms with van der Waals surface area (Å²) in [4.78, 5) is 5.52. The lowest BCUT2D eigenvalue weighted by Crippen LogP contribution is -2.22. The summed E-state index contributed by atoms with van der Waals surface area (Å²) >= 11 is 1.70. The van der Waals surface area contributed by atoms with Crippen molar-refractivity contribution in [1.82, 2.24) is 9.55 Å². The number of rotatable bonds is 3. The first-order valence-electron chi connectivity index (χ1n) is 4.58. The minimum Gasteiger partial charge on any atom is -0.329 e. The second kappa shape index (κ2) is 3.94. The normalized spacial score (nSPS) is 13.0. The van der Waals surface area contributed by atoms with E-state index in [1.807, 2.05) is 25.4 Å². The lowest BCUT2D eigenvalue weighted by molar-refractivity contribution is 0.594. The van der Waals surface area contributed by atoms with Crippen molar-refractivity contribution in [3.8, 4) is 10.7 Å². The quantitative estimate of drug-likeness (QED) is 0.836. The van der Waals surface area contributed by atoms with E-state index < -0.39 is 0 Å². The van der Waals surface area contributed by atoms with Crippen LogP contribution in [0.4, 0.5) is 0 Å². The first kappa shape index (κ1) is 9.43. The van der Waals surface area contributed by atoms with Crippen molar-refractivity contribution < 1.29 is 0 Å². The number of hydrogen-bond donors (Lipinski definition) is 1. The molecule has 0 saturated heterocycles. The third-order valence-corrected chi connectivity index (χ3v) is 2.81. The predicted octanol–water partition coefficient (Wildman–Crippen LogP) is 1.96. The summed E-state index contributed by atoms with van der Waals surface area (Å²) in [5.74, 6) is 1.01. The summed E-state index contributed by atoms with van der Waals surface area (Å²) in [5, 5.41) is 2.06. The summed E-state index contributed by atoms with van der Waals surface area (Å²) in [6, 6.07) is 4.26. The third kappa shape index (κ3) is 1.86. The topological polar surface area (TPSA) is 43.8 Å². The molecule has 0 aliphatic carbocycles. The highest BCUT2D eigenvalue weighted by Gasteiger charge is 2.07. The van der Waals surface area contributed by atoms with Crippen LogP contribution in [0.15, 0.2) is 29.9 Å². The smallest absolute Gasteiger partial charge is 0.150 e. The number of nitrogens with zero attached hydrogens (tertiary/aromatic N) is 2. The number of nitrogens with two attached hydrogens (primary N) is 1. The zero-order valence-corrected chi connectivity index (χ0v) is 8.87. The Morgan fingerprint density at radius 1 is 1.64 bits per heavy atom. The molecule has 74 valence electrons. The average molecular weight is 207 g/mol. The Morgan fingerprint density at radius 2 is 2.50 bits per heavy atom. The third-order valence-electron chi connectivity index (χ3n) is 1.94. The molecule has 2 aromatic rings. The average Bonchev–Trinajstić information content (AvgIpc) is 2.70. The molecule has 0 radical (unpaired) electrons. The van der Waals surface area contributed by atoms with Gasteiger partial charge in [-0.15, -0.1) is 11.3 Å². The lowest BCUT2D eigenvalue weighted by Gasteiger charge is -2.08. The van der Waals surface area contributed by atoms with Crippen LogP contribution >= 0.6 is 11.3 Å². The highest BCUT2D eigenvalue weighted by Crippen LogP contribution is 2.22. The Labute approximate surface area is 87.2 Å². The number of imidazole rings is 1. The molecule has 14 heavy (non-hydrogen) atoms. The molecule has 0 aliphatic rings. The van der Waals surface area contributed by atoms with Gasteiger partial charge in [0.2, 0.25) is 0 Å². The van der Waals surface area contributed by atoms with Crippen LogP contribution in [0.2, 0.25) is 0 Å². The summed E-state index contributed by atoms with van der Waals surface area (Å²) < 4.78 is 2.09. The monoisotopic (exact) mass is 207 g/mol. The molecule has 3 nitrogen and oxygen atoms in total. The maximum Gasteiger partial charge on any atom is 0.150 e. The van der Waals surface area contributed by atoms with Crippen molar-refractivity contribution in [3.63, 3.8) is 0 Å². The van der Waals surface area contributed by atoms with Crippen molar-refractivity contribution in [2.24, 2.45) is 5.73 Å². The zero-order chi connectivity index (χ0) is 9.97. The second-order valence-electron chi connectivity index (χ2n) is 3.36. The molecule has 4 heteroatoms. The summed E-state index contributed by atoms with van der Waals surface area (Å²) in [7, 11) is 0. The van der Waals surface area contributed by atoms with Gasteiger partial charge in [-0.3, -0.25) is 0 Å². The molecule has 0 aliphatic heterocycles. The van der Waals surface area contributed by atoms with Crippen LogP contribution in [0, 0.1) is 0 Å². The minimum atomic E-state index is 0.155. The van der Waals surface area contributed by atoms with Gasteiger partial charge < -0.3 is 10.3 Å². The molecule has 2 rings (SSSR count). The van der Waals surface area contributed by atoms with Crippen LogP contribution in [0.5, 0.6) is 0 Å². The van der Waals surface area contributed by atoms with Gasteiger partial charge >= 0.3 is 0 Å². The fraction of sp³-hybridized carbons (Fsp3) is 0.300. The van der Waals surface area contributed by atoms with Gasteiger partial charge in [0.05, 0.1) is 4.88 Å². The number of thiophene rings is 1. The molecular weight excluding hydrogens is 194 g/mol. The largest absolute Gasteiger partial charge is 0.329 e. The summed E-state index contributed by atoms with van der Waals surface area (Å²) in [6.45, 7) is 2.81. The molecule has 2 N–H and O–H groups in total. The van der Waals surface area contributed by atoms with Crippen LogP contribution in [-0.4, -0.2) is 15.6 Å². The molecule has 2 heterocycles. The van der Waals surface area contributed by atoms with E-state index in [0.29, 0.717) is 0 Å². The van der Waals surface area contributed by atoms with Crippen molar-refractivity contribution in [1.29, 1.82) is 0 Å². The summed E-state index contributed by atoms with van der Waals surface area (Å²) in [5.41, 5.74) is 5.76. The van der Waals surface area contributed by atoms with Crippen LogP contribution in [0.1, 0.15) is 6.92 Å². The van der Waals surface area contributed by atoms with Gasteiger partial charge in [-0.1, -0.05) is 6.07 Å². The van der Waals surface area contributed by atoms with Gasteiger partial charge in [0.1, 0.15) is 5.82 Å². The maximum atomic E-state index is 5.76. The molecule has 0 fully saturated rings. The Balaban J connectivity index is 2.30. The number of hydrogen-bond acceptors (Lipinski definition) is 3. The second-order valence-corrected chi connectivity index (χ2v) is 4.31. The first-order valence-corrected chi connectivity index (χ1v) is 5.46. The molecule has 0 spiro atoms. The standard InChI is InChI=1S/C10H13N3S/c1-8(11)7-13-5-4-12-10(13)9-3-2-6-14-9/h2-6,8H,7,11H2,1H3/t8-/m0/s1. The fourth-order valence-corrected chi connectivity index (χ4v) is 2.13. The van der Waals surface area contributed by atoms with Crippen LogP contribution in [0.3, 0.4) is 0 Å². The van der Waals surface area contributed by atoms with Gasteiger partial charge in [0.15, 0.2) is 0 Å². The van der Waals surface area contributed by atoms with Crippen molar-refractivity contribution >= 4 is 11.3 Å². The van der Waals surface area contributed by atoms with Gasteiger partial charge in [-0.2, -0.15) is 0 Å². The predicted molar refractivity (Wildman–Crippen MR) is 59.2 cm³/mol. The first-order chi connectivity index (χ1) is 6.77. The van der Waals surface area contributed by atoms with Crippen molar-refractivity contribution in [2.75, 3.05) is 0 Å². The van der Waals surface area contributed by atoms with E-state index in [9.17, 15) is 0 Å². The molecule has 0 bridgehead atoms.